The molecule has 1 aromatic heterocycles. The smallest absolute Gasteiger partial charge is 0.262 e. The highest BCUT2D eigenvalue weighted by Gasteiger charge is 2.23. The van der Waals surface area contributed by atoms with E-state index in [0.717, 1.165) is 39.0 Å². The van der Waals surface area contributed by atoms with Crippen molar-refractivity contribution in [1.82, 2.24) is 14.5 Å². The van der Waals surface area contributed by atoms with E-state index in [2.05, 4.69) is 6.92 Å². The van der Waals surface area contributed by atoms with E-state index in [1.807, 2.05) is 29.2 Å². The molecule has 4 rings (SSSR count). The van der Waals surface area contributed by atoms with Crippen molar-refractivity contribution < 1.29 is 9.53 Å². The number of piperidine rings is 1. The highest BCUT2D eigenvalue weighted by atomic mass is 32.2. The molecule has 0 N–H and O–H groups in total. The maximum Gasteiger partial charge on any atom is 0.262 e. The molecule has 0 spiro atoms. The average Bonchev–Trinajstić information content (AvgIpc) is 3.22. The minimum Gasteiger partial charge on any atom is -0.376 e. The molecule has 0 radical (unpaired) electrons. The van der Waals surface area contributed by atoms with Gasteiger partial charge < -0.3 is 9.64 Å². The van der Waals surface area contributed by atoms with Crippen molar-refractivity contribution in [2.24, 2.45) is 5.92 Å². The van der Waals surface area contributed by atoms with Crippen LogP contribution in [-0.4, -0.2) is 51.9 Å². The van der Waals surface area contributed by atoms with Gasteiger partial charge in [0.05, 0.1) is 29.3 Å². The first-order valence-electron chi connectivity index (χ1n) is 10.1. The number of amides is 1. The molecule has 6 nitrogen and oxygen atoms in total. The molecule has 0 bridgehead atoms. The second kappa shape index (κ2) is 8.66. The van der Waals surface area contributed by atoms with Gasteiger partial charge >= 0.3 is 0 Å². The number of para-hydroxylation sites is 1. The second-order valence-electron chi connectivity index (χ2n) is 7.84. The Morgan fingerprint density at radius 2 is 2.14 bits per heavy atom. The molecule has 0 aliphatic carbocycles. The molecule has 2 aliphatic heterocycles. The largest absolute Gasteiger partial charge is 0.376 e. The zero-order valence-corrected chi connectivity index (χ0v) is 17.1. The summed E-state index contributed by atoms with van der Waals surface area (Å²) in [5.74, 6) is 0.991. The third-order valence-corrected chi connectivity index (χ3v) is 6.53. The Morgan fingerprint density at radius 3 is 2.93 bits per heavy atom. The molecule has 28 heavy (non-hydrogen) atoms. The maximum absolute atomic E-state index is 13.1. The van der Waals surface area contributed by atoms with Gasteiger partial charge in [-0.2, -0.15) is 0 Å². The van der Waals surface area contributed by atoms with Crippen molar-refractivity contribution in [3.63, 3.8) is 0 Å². The SMILES string of the molecule is C[C@H]1CCCN(C(=O)CSc2nc3ccccc3c(=O)n2C[C@@H]2CCCO2)C1. The number of rotatable bonds is 5. The topological polar surface area (TPSA) is 64.4 Å². The van der Waals surface area contributed by atoms with E-state index in [1.165, 1.54) is 18.2 Å². The summed E-state index contributed by atoms with van der Waals surface area (Å²) in [6.07, 6.45) is 4.26. The fourth-order valence-corrected chi connectivity index (χ4v) is 4.96. The number of benzene rings is 1. The fraction of sp³-hybridized carbons (Fsp3) is 0.571. The van der Waals surface area contributed by atoms with Crippen molar-refractivity contribution >= 4 is 28.6 Å². The Morgan fingerprint density at radius 1 is 1.29 bits per heavy atom. The minimum absolute atomic E-state index is 0.0404. The van der Waals surface area contributed by atoms with Crippen LogP contribution in [0, 0.1) is 5.92 Å². The number of fused-ring (bicyclic) bond motifs is 1. The number of ether oxygens (including phenoxy) is 1. The summed E-state index contributed by atoms with van der Waals surface area (Å²) in [5, 5.41) is 1.22. The molecule has 2 saturated heterocycles. The lowest BCUT2D eigenvalue weighted by atomic mass is 10.0. The number of hydrogen-bond donors (Lipinski definition) is 0. The van der Waals surface area contributed by atoms with Crippen LogP contribution in [0.2, 0.25) is 0 Å². The van der Waals surface area contributed by atoms with Crippen LogP contribution >= 0.6 is 11.8 Å². The van der Waals surface area contributed by atoms with Gasteiger partial charge in [0.25, 0.3) is 5.56 Å². The summed E-state index contributed by atoms with van der Waals surface area (Å²) in [6.45, 7) is 5.09. The lowest BCUT2D eigenvalue weighted by Gasteiger charge is -2.30. The molecular weight excluding hydrogens is 374 g/mol. The van der Waals surface area contributed by atoms with Crippen LogP contribution in [0.4, 0.5) is 0 Å². The predicted molar refractivity (Wildman–Crippen MR) is 111 cm³/mol. The summed E-state index contributed by atoms with van der Waals surface area (Å²) in [6, 6.07) is 7.40. The second-order valence-corrected chi connectivity index (χ2v) is 8.78. The van der Waals surface area contributed by atoms with E-state index in [-0.39, 0.29) is 17.6 Å². The van der Waals surface area contributed by atoms with Crippen molar-refractivity contribution in [3.8, 4) is 0 Å². The van der Waals surface area contributed by atoms with Gasteiger partial charge in [0.2, 0.25) is 5.91 Å². The van der Waals surface area contributed by atoms with Gasteiger partial charge in [0.1, 0.15) is 0 Å². The fourth-order valence-electron chi connectivity index (χ4n) is 4.04. The van der Waals surface area contributed by atoms with Crippen LogP contribution in [0.25, 0.3) is 10.9 Å². The summed E-state index contributed by atoms with van der Waals surface area (Å²) in [5.41, 5.74) is 0.625. The molecule has 3 heterocycles. The van der Waals surface area contributed by atoms with Gasteiger partial charge in [-0.3, -0.25) is 14.2 Å². The average molecular weight is 402 g/mol. The maximum atomic E-state index is 13.1. The summed E-state index contributed by atoms with van der Waals surface area (Å²) < 4.78 is 7.44. The molecule has 2 aromatic rings. The molecular formula is C21H27N3O3S. The molecule has 0 saturated carbocycles. The van der Waals surface area contributed by atoms with E-state index in [9.17, 15) is 9.59 Å². The monoisotopic (exact) mass is 401 g/mol. The van der Waals surface area contributed by atoms with Crippen molar-refractivity contribution in [2.75, 3.05) is 25.4 Å². The number of likely N-dealkylation sites (tertiary alicyclic amines) is 1. The third kappa shape index (κ3) is 4.25. The van der Waals surface area contributed by atoms with E-state index >= 15 is 0 Å². The Bertz CT molecular complexity index is 907. The molecule has 7 heteroatoms. The number of carbonyl (C=O) groups excluding carboxylic acids is 1. The molecule has 150 valence electrons. The van der Waals surface area contributed by atoms with Crippen molar-refractivity contribution in [3.05, 3.63) is 34.6 Å². The van der Waals surface area contributed by atoms with Gasteiger partial charge in [-0.15, -0.1) is 0 Å². The van der Waals surface area contributed by atoms with Gasteiger partial charge in [0.15, 0.2) is 5.16 Å². The lowest BCUT2D eigenvalue weighted by Crippen LogP contribution is -2.40. The van der Waals surface area contributed by atoms with Gasteiger partial charge in [-0.05, 0) is 43.7 Å². The van der Waals surface area contributed by atoms with Crippen molar-refractivity contribution in [2.45, 2.75) is 50.4 Å². The lowest BCUT2D eigenvalue weighted by molar-refractivity contribution is -0.130. The van der Waals surface area contributed by atoms with Crippen LogP contribution in [-0.2, 0) is 16.1 Å². The van der Waals surface area contributed by atoms with E-state index < -0.39 is 0 Å². The number of thioether (sulfide) groups is 1. The first-order chi connectivity index (χ1) is 13.6. The molecule has 2 atom stereocenters. The summed E-state index contributed by atoms with van der Waals surface area (Å²) in [4.78, 5) is 32.4. The Labute approximate surface area is 169 Å². The zero-order chi connectivity index (χ0) is 19.5. The number of carbonyl (C=O) groups is 1. The van der Waals surface area contributed by atoms with Crippen LogP contribution in [0.3, 0.4) is 0 Å². The molecule has 2 aliphatic rings. The first-order valence-corrected chi connectivity index (χ1v) is 11.1. The number of aromatic nitrogens is 2. The quantitative estimate of drug-likeness (QED) is 0.569. The highest BCUT2D eigenvalue weighted by molar-refractivity contribution is 7.99. The highest BCUT2D eigenvalue weighted by Crippen LogP contribution is 2.22. The zero-order valence-electron chi connectivity index (χ0n) is 16.3. The van der Waals surface area contributed by atoms with Gasteiger partial charge in [0, 0.05) is 19.7 Å². The van der Waals surface area contributed by atoms with E-state index in [1.54, 1.807) is 4.57 Å². The third-order valence-electron chi connectivity index (χ3n) is 5.57. The molecule has 2 fully saturated rings. The first kappa shape index (κ1) is 19.5. The summed E-state index contributed by atoms with van der Waals surface area (Å²) >= 11 is 1.37. The number of nitrogens with zero attached hydrogens (tertiary/aromatic N) is 3. The van der Waals surface area contributed by atoms with E-state index in [0.29, 0.717) is 34.3 Å². The van der Waals surface area contributed by atoms with Gasteiger partial charge in [-0.1, -0.05) is 30.8 Å². The van der Waals surface area contributed by atoms with Crippen LogP contribution < -0.4 is 5.56 Å². The van der Waals surface area contributed by atoms with E-state index in [4.69, 9.17) is 9.72 Å². The minimum atomic E-state index is -0.0531. The normalized spacial score (nSPS) is 22.7. The van der Waals surface area contributed by atoms with Crippen molar-refractivity contribution in [1.29, 1.82) is 0 Å². The van der Waals surface area contributed by atoms with Gasteiger partial charge in [-0.25, -0.2) is 4.98 Å². The molecule has 0 unspecified atom stereocenters. The number of hydrogen-bond acceptors (Lipinski definition) is 5. The predicted octanol–water partition coefficient (Wildman–Crippen LogP) is 2.93. The Hall–Kier alpha value is -1.86. The van der Waals surface area contributed by atoms with Crippen LogP contribution in [0.15, 0.2) is 34.2 Å². The van der Waals surface area contributed by atoms with Crippen LogP contribution in [0.5, 0.6) is 0 Å². The summed E-state index contributed by atoms with van der Waals surface area (Å²) in [7, 11) is 0. The standard InChI is InChI=1S/C21H27N3O3S/c1-15-6-4-10-23(12-15)19(25)14-28-21-22-18-9-3-2-8-17(18)20(26)24(21)13-16-7-5-11-27-16/h2-3,8-9,15-16H,4-7,10-14H2,1H3/t15-,16-/m0/s1. The molecule has 1 amide bonds. The molecule has 1 aromatic carbocycles. The van der Waals surface area contributed by atoms with Crippen LogP contribution in [0.1, 0.15) is 32.6 Å². The Balaban J connectivity index is 1.57. The Kier molecular flexibility index (Phi) is 6.01.